The van der Waals surface area contributed by atoms with Gasteiger partial charge in [0, 0.05) is 13.1 Å². The molecule has 1 amide bonds. The van der Waals surface area contributed by atoms with E-state index in [1.54, 1.807) is 18.2 Å². The second-order valence-corrected chi connectivity index (χ2v) is 7.22. The van der Waals surface area contributed by atoms with E-state index in [0.29, 0.717) is 5.92 Å². The van der Waals surface area contributed by atoms with E-state index >= 15 is 0 Å². The summed E-state index contributed by atoms with van der Waals surface area (Å²) in [5.41, 5.74) is 0. The molecule has 0 aromatic heterocycles. The molecule has 1 aromatic carbocycles. The Kier molecular flexibility index (Phi) is 5.71. The van der Waals surface area contributed by atoms with Gasteiger partial charge in [0.15, 0.2) is 0 Å². The zero-order valence-electron chi connectivity index (χ0n) is 12.3. The van der Waals surface area contributed by atoms with Crippen molar-refractivity contribution in [3.05, 3.63) is 30.3 Å². The largest absolute Gasteiger partial charge is 0.352 e. The Morgan fingerprint density at radius 3 is 2.25 bits per heavy atom. The Hall–Kier alpha value is -1.40. The average Bonchev–Trinajstić information content (AvgIpc) is 2.39. The Balaban J connectivity index is 2.71. The molecule has 1 rings (SSSR count). The molecule has 20 heavy (non-hydrogen) atoms. The van der Waals surface area contributed by atoms with Gasteiger partial charge in [-0.2, -0.15) is 4.31 Å². The van der Waals surface area contributed by atoms with Crippen LogP contribution in [-0.4, -0.2) is 38.3 Å². The highest BCUT2D eigenvalue weighted by atomic mass is 32.2. The standard InChI is InChI=1S/C14H22N2O3S/c1-11(2)12(3)15-14(17)10-16(4)20(18,19)13-8-6-5-7-9-13/h5-9,11-12H,10H2,1-4H3,(H,15,17)/t12-/m1/s1. The number of sulfonamides is 1. The van der Waals surface area contributed by atoms with Crippen LogP contribution < -0.4 is 5.32 Å². The summed E-state index contributed by atoms with van der Waals surface area (Å²) >= 11 is 0. The van der Waals surface area contributed by atoms with Gasteiger partial charge in [0.1, 0.15) is 0 Å². The fraction of sp³-hybridized carbons (Fsp3) is 0.500. The number of carbonyl (C=O) groups is 1. The molecule has 0 fully saturated rings. The van der Waals surface area contributed by atoms with Crippen molar-refractivity contribution in [1.29, 1.82) is 0 Å². The van der Waals surface area contributed by atoms with Crippen molar-refractivity contribution < 1.29 is 13.2 Å². The summed E-state index contributed by atoms with van der Waals surface area (Å²) in [5, 5.41) is 2.79. The van der Waals surface area contributed by atoms with Crippen molar-refractivity contribution in [1.82, 2.24) is 9.62 Å². The summed E-state index contributed by atoms with van der Waals surface area (Å²) < 4.78 is 25.5. The van der Waals surface area contributed by atoms with Gasteiger partial charge in [0.05, 0.1) is 11.4 Å². The Labute approximate surface area is 121 Å². The third kappa shape index (κ3) is 4.31. The van der Waals surface area contributed by atoms with Crippen LogP contribution >= 0.6 is 0 Å². The quantitative estimate of drug-likeness (QED) is 0.865. The van der Waals surface area contributed by atoms with Gasteiger partial charge >= 0.3 is 0 Å². The SMILES string of the molecule is CC(C)[C@@H](C)NC(=O)CN(C)S(=O)(=O)c1ccccc1. The normalized spacial score (nSPS) is 13.5. The number of hydrogen-bond acceptors (Lipinski definition) is 3. The molecule has 1 N–H and O–H groups in total. The summed E-state index contributed by atoms with van der Waals surface area (Å²) in [7, 11) is -2.21. The van der Waals surface area contributed by atoms with Gasteiger partial charge in [-0.25, -0.2) is 8.42 Å². The van der Waals surface area contributed by atoms with E-state index in [2.05, 4.69) is 5.32 Å². The average molecular weight is 298 g/mol. The topological polar surface area (TPSA) is 66.5 Å². The maximum Gasteiger partial charge on any atom is 0.243 e. The molecule has 1 aromatic rings. The van der Waals surface area contributed by atoms with Crippen LogP contribution in [-0.2, 0) is 14.8 Å². The number of carbonyl (C=O) groups excluding carboxylic acids is 1. The lowest BCUT2D eigenvalue weighted by Gasteiger charge is -2.21. The number of nitrogens with one attached hydrogen (secondary N) is 1. The van der Waals surface area contributed by atoms with E-state index in [9.17, 15) is 13.2 Å². The lowest BCUT2D eigenvalue weighted by Crippen LogP contribution is -2.43. The van der Waals surface area contributed by atoms with Crippen molar-refractivity contribution in [2.75, 3.05) is 13.6 Å². The molecule has 6 heteroatoms. The summed E-state index contributed by atoms with van der Waals surface area (Å²) in [6.45, 7) is 5.70. The van der Waals surface area contributed by atoms with E-state index in [4.69, 9.17) is 0 Å². The molecular weight excluding hydrogens is 276 g/mol. The number of hydrogen-bond donors (Lipinski definition) is 1. The fourth-order valence-electron chi connectivity index (χ4n) is 1.53. The minimum Gasteiger partial charge on any atom is -0.352 e. The second-order valence-electron chi connectivity index (χ2n) is 5.17. The Bertz CT molecular complexity index is 541. The van der Waals surface area contributed by atoms with E-state index in [1.807, 2.05) is 20.8 Å². The van der Waals surface area contributed by atoms with Gasteiger partial charge in [0.2, 0.25) is 15.9 Å². The van der Waals surface area contributed by atoms with Crippen LogP contribution in [0.15, 0.2) is 35.2 Å². The maximum absolute atomic E-state index is 12.2. The summed E-state index contributed by atoms with van der Waals surface area (Å²) in [5.74, 6) is 0.00296. The van der Waals surface area contributed by atoms with Crippen molar-refractivity contribution in [2.24, 2.45) is 5.92 Å². The number of nitrogens with zero attached hydrogens (tertiary/aromatic N) is 1. The fourth-order valence-corrected chi connectivity index (χ4v) is 2.67. The second kappa shape index (κ2) is 6.85. The van der Waals surface area contributed by atoms with Gasteiger partial charge < -0.3 is 5.32 Å². The van der Waals surface area contributed by atoms with Gasteiger partial charge in [-0.3, -0.25) is 4.79 Å². The first-order valence-corrected chi connectivity index (χ1v) is 8.00. The molecular formula is C14H22N2O3S. The molecule has 0 heterocycles. The van der Waals surface area contributed by atoms with E-state index in [1.165, 1.54) is 19.2 Å². The molecule has 0 aliphatic carbocycles. The predicted molar refractivity (Wildman–Crippen MR) is 78.7 cm³/mol. The lowest BCUT2D eigenvalue weighted by molar-refractivity contribution is -0.122. The van der Waals surface area contributed by atoms with Gasteiger partial charge in [-0.1, -0.05) is 32.0 Å². The van der Waals surface area contributed by atoms with Gasteiger partial charge in [0.25, 0.3) is 0 Å². The van der Waals surface area contributed by atoms with Crippen molar-refractivity contribution in [3.8, 4) is 0 Å². The molecule has 0 radical (unpaired) electrons. The minimum atomic E-state index is -3.62. The molecule has 0 bridgehead atoms. The molecule has 0 saturated heterocycles. The minimum absolute atomic E-state index is 0.00956. The van der Waals surface area contributed by atoms with Crippen molar-refractivity contribution in [3.63, 3.8) is 0 Å². The highest BCUT2D eigenvalue weighted by Crippen LogP contribution is 2.13. The predicted octanol–water partition coefficient (Wildman–Crippen LogP) is 1.47. The lowest BCUT2D eigenvalue weighted by atomic mass is 10.1. The van der Waals surface area contributed by atoms with Crippen LogP contribution in [0.1, 0.15) is 20.8 Å². The molecule has 0 spiro atoms. The molecule has 0 unspecified atom stereocenters. The van der Waals surface area contributed by atoms with Gasteiger partial charge in [-0.05, 0) is 25.0 Å². The van der Waals surface area contributed by atoms with Crippen LogP contribution in [0.3, 0.4) is 0 Å². The van der Waals surface area contributed by atoms with E-state index < -0.39 is 10.0 Å². The highest BCUT2D eigenvalue weighted by Gasteiger charge is 2.23. The van der Waals surface area contributed by atoms with Crippen LogP contribution in [0.25, 0.3) is 0 Å². The Morgan fingerprint density at radius 1 is 1.20 bits per heavy atom. The van der Waals surface area contributed by atoms with Crippen LogP contribution in [0.5, 0.6) is 0 Å². The molecule has 0 aliphatic rings. The van der Waals surface area contributed by atoms with Crippen LogP contribution in [0.2, 0.25) is 0 Å². The number of amides is 1. The zero-order chi connectivity index (χ0) is 15.3. The monoisotopic (exact) mass is 298 g/mol. The van der Waals surface area contributed by atoms with E-state index in [-0.39, 0.29) is 23.4 Å². The van der Waals surface area contributed by atoms with Crippen LogP contribution in [0, 0.1) is 5.92 Å². The molecule has 0 saturated carbocycles. The molecule has 5 nitrogen and oxygen atoms in total. The first-order chi connectivity index (χ1) is 9.25. The molecule has 0 aliphatic heterocycles. The third-order valence-electron chi connectivity index (χ3n) is 3.21. The van der Waals surface area contributed by atoms with E-state index in [0.717, 1.165) is 4.31 Å². The smallest absolute Gasteiger partial charge is 0.243 e. The molecule has 112 valence electrons. The Morgan fingerprint density at radius 2 is 1.75 bits per heavy atom. The van der Waals surface area contributed by atoms with Crippen LogP contribution in [0.4, 0.5) is 0 Å². The first-order valence-electron chi connectivity index (χ1n) is 6.56. The first kappa shape index (κ1) is 16.7. The summed E-state index contributed by atoms with van der Waals surface area (Å²) in [6.07, 6.45) is 0. The van der Waals surface area contributed by atoms with Gasteiger partial charge in [-0.15, -0.1) is 0 Å². The summed E-state index contributed by atoms with van der Waals surface area (Å²) in [4.78, 5) is 12.0. The number of likely N-dealkylation sites (N-methyl/N-ethyl adjacent to an activating group) is 1. The third-order valence-corrected chi connectivity index (χ3v) is 5.02. The summed E-state index contributed by atoms with van der Waals surface area (Å²) in [6, 6.07) is 8.09. The van der Waals surface area contributed by atoms with Crippen molar-refractivity contribution in [2.45, 2.75) is 31.7 Å². The zero-order valence-corrected chi connectivity index (χ0v) is 13.1. The highest BCUT2D eigenvalue weighted by molar-refractivity contribution is 7.89. The maximum atomic E-state index is 12.2. The number of rotatable bonds is 6. The number of benzene rings is 1. The van der Waals surface area contributed by atoms with Crippen molar-refractivity contribution >= 4 is 15.9 Å². The molecule has 1 atom stereocenters.